The van der Waals surface area contributed by atoms with Crippen LogP contribution in [0.15, 0.2) is 0 Å². The van der Waals surface area contributed by atoms with Crippen molar-refractivity contribution in [1.29, 1.82) is 0 Å². The Morgan fingerprint density at radius 1 is 1.29 bits per heavy atom. The maximum absolute atomic E-state index is 2.34. The molecule has 0 N–H and O–H groups in total. The number of hydrogen-bond acceptors (Lipinski definition) is 0. The van der Waals surface area contributed by atoms with Crippen molar-refractivity contribution in [1.82, 2.24) is 0 Å². The average molecular weight is 92.1 g/mol. The van der Waals surface area contributed by atoms with Crippen molar-refractivity contribution in [2.24, 2.45) is 5.92 Å². The fourth-order valence-corrected chi connectivity index (χ4v) is 1.13. The van der Waals surface area contributed by atoms with Crippen molar-refractivity contribution in [3.63, 3.8) is 0 Å². The fraction of sp³-hybridized carbons (Fsp3) is 1.00. The molecule has 0 aromatic rings. The van der Waals surface area contributed by atoms with Crippen molar-refractivity contribution in [3.8, 4) is 0 Å². The van der Waals surface area contributed by atoms with E-state index >= 15 is 0 Å². The molecule has 0 saturated heterocycles. The van der Waals surface area contributed by atoms with Crippen molar-refractivity contribution in [2.75, 3.05) is 0 Å². The van der Waals surface area contributed by atoms with Crippen LogP contribution in [0.5, 0.6) is 0 Å². The molecule has 0 spiro atoms. The van der Waals surface area contributed by atoms with Gasteiger partial charge < -0.3 is 1.43 Å². The molecule has 1 rings (SSSR count). The molecule has 0 aliphatic heterocycles. The van der Waals surface area contributed by atoms with Crippen molar-refractivity contribution in [3.05, 3.63) is 0 Å². The van der Waals surface area contributed by atoms with Gasteiger partial charge in [-0.1, -0.05) is 32.6 Å². The molecule has 0 amide bonds. The average Bonchev–Trinajstić information content (AvgIpc) is 1.86. The van der Waals surface area contributed by atoms with Gasteiger partial charge in [-0.05, 0) is 5.92 Å². The van der Waals surface area contributed by atoms with Crippen LogP contribution in [-0.4, -0.2) is 0 Å². The predicted octanol–water partition coefficient (Wildman–Crippen LogP) is -0.687. The van der Waals surface area contributed by atoms with E-state index in [1.54, 1.807) is 0 Å². The van der Waals surface area contributed by atoms with Gasteiger partial charge in [-0.2, -0.15) is 0 Å². The summed E-state index contributed by atoms with van der Waals surface area (Å²) in [5.74, 6) is 1.05. The quantitative estimate of drug-likeness (QED) is 0.347. The third-order valence-corrected chi connectivity index (χ3v) is 1.64. The van der Waals surface area contributed by atoms with Gasteiger partial charge in [0.25, 0.3) is 0 Å². The van der Waals surface area contributed by atoms with Crippen LogP contribution in [0.2, 0.25) is 0 Å². The third kappa shape index (κ3) is 2.42. The van der Waals surface area contributed by atoms with E-state index in [1.807, 2.05) is 0 Å². The molecular formula is C6H13Li. The van der Waals surface area contributed by atoms with Crippen LogP contribution < -0.4 is 18.9 Å². The molecule has 1 fully saturated rings. The summed E-state index contributed by atoms with van der Waals surface area (Å²) in [7, 11) is 0. The van der Waals surface area contributed by atoms with E-state index < -0.39 is 0 Å². The molecule has 1 saturated carbocycles. The molecule has 0 bridgehead atoms. The van der Waals surface area contributed by atoms with Gasteiger partial charge in [-0.3, -0.25) is 0 Å². The molecule has 1 heteroatoms. The van der Waals surface area contributed by atoms with E-state index in [-0.39, 0.29) is 20.3 Å². The molecule has 38 valence electrons. The van der Waals surface area contributed by atoms with Crippen molar-refractivity contribution < 1.29 is 20.3 Å². The van der Waals surface area contributed by atoms with Gasteiger partial charge in [-0.25, -0.2) is 0 Å². The van der Waals surface area contributed by atoms with E-state index in [2.05, 4.69) is 6.92 Å². The first-order valence-electron chi connectivity index (χ1n) is 2.89. The van der Waals surface area contributed by atoms with Crippen LogP contribution in [0.4, 0.5) is 0 Å². The zero-order valence-corrected chi connectivity index (χ0v) is 5.41. The van der Waals surface area contributed by atoms with Gasteiger partial charge in [0, 0.05) is 0 Å². The molecule has 0 atom stereocenters. The smallest absolute Gasteiger partial charge is 1.00 e. The summed E-state index contributed by atoms with van der Waals surface area (Å²) in [5, 5.41) is 0. The fourth-order valence-electron chi connectivity index (χ4n) is 1.13. The second kappa shape index (κ2) is 3.58. The Morgan fingerprint density at radius 3 is 1.86 bits per heavy atom. The molecule has 0 nitrogen and oxygen atoms in total. The van der Waals surface area contributed by atoms with E-state index in [0.717, 1.165) is 5.92 Å². The maximum atomic E-state index is 2.34. The minimum Gasteiger partial charge on any atom is -1.00 e. The minimum atomic E-state index is 0. The van der Waals surface area contributed by atoms with Gasteiger partial charge in [0.15, 0.2) is 0 Å². The number of hydrogen-bond donors (Lipinski definition) is 0. The van der Waals surface area contributed by atoms with Crippen LogP contribution in [-0.2, 0) is 0 Å². The Hall–Kier alpha value is 0.597. The summed E-state index contributed by atoms with van der Waals surface area (Å²) >= 11 is 0. The Morgan fingerprint density at radius 2 is 1.71 bits per heavy atom. The summed E-state index contributed by atoms with van der Waals surface area (Å²) in [6, 6.07) is 0. The van der Waals surface area contributed by atoms with E-state index in [1.165, 1.54) is 25.7 Å². The standard InChI is InChI=1S/C6H12.Li.H/c1-6-4-2-3-5-6;;/h6H,2-5H2,1H3;;/q;+1;-1. The first-order chi connectivity index (χ1) is 2.89. The molecule has 0 unspecified atom stereocenters. The van der Waals surface area contributed by atoms with Gasteiger partial charge in [0.1, 0.15) is 0 Å². The maximum Gasteiger partial charge on any atom is 1.00 e. The molecule has 0 heterocycles. The number of rotatable bonds is 0. The molecule has 0 aromatic carbocycles. The van der Waals surface area contributed by atoms with Gasteiger partial charge >= 0.3 is 18.9 Å². The molecular weight excluding hydrogens is 79.0 g/mol. The first-order valence-corrected chi connectivity index (χ1v) is 2.89. The largest absolute Gasteiger partial charge is 1.00 e. The van der Waals surface area contributed by atoms with Gasteiger partial charge in [0.05, 0.1) is 0 Å². The second-order valence-electron chi connectivity index (χ2n) is 2.39. The van der Waals surface area contributed by atoms with Gasteiger partial charge in [-0.15, -0.1) is 0 Å². The molecule has 1 aliphatic rings. The normalized spacial score (nSPS) is 21.9. The topological polar surface area (TPSA) is 0 Å². The Balaban J connectivity index is 0. The van der Waals surface area contributed by atoms with Gasteiger partial charge in [0.2, 0.25) is 0 Å². The summed E-state index contributed by atoms with van der Waals surface area (Å²) in [4.78, 5) is 0. The summed E-state index contributed by atoms with van der Waals surface area (Å²) in [5.41, 5.74) is 0. The molecule has 0 radical (unpaired) electrons. The second-order valence-corrected chi connectivity index (χ2v) is 2.39. The molecule has 0 aromatic heterocycles. The van der Waals surface area contributed by atoms with Crippen molar-refractivity contribution >= 4 is 0 Å². The first kappa shape index (κ1) is 7.60. The van der Waals surface area contributed by atoms with Crippen molar-refractivity contribution in [2.45, 2.75) is 32.6 Å². The minimum absolute atomic E-state index is 0. The van der Waals surface area contributed by atoms with Crippen LogP contribution >= 0.6 is 0 Å². The summed E-state index contributed by atoms with van der Waals surface area (Å²) < 4.78 is 0. The van der Waals surface area contributed by atoms with E-state index in [9.17, 15) is 0 Å². The third-order valence-electron chi connectivity index (χ3n) is 1.64. The molecule has 1 aliphatic carbocycles. The Bertz CT molecular complexity index is 41.8. The monoisotopic (exact) mass is 92.1 g/mol. The molecule has 7 heavy (non-hydrogen) atoms. The van der Waals surface area contributed by atoms with E-state index in [0.29, 0.717) is 0 Å². The summed E-state index contributed by atoms with van der Waals surface area (Å²) in [6.07, 6.45) is 5.95. The Labute approximate surface area is 59.3 Å². The van der Waals surface area contributed by atoms with Crippen LogP contribution in [0.25, 0.3) is 0 Å². The predicted molar refractivity (Wildman–Crippen MR) is 28.7 cm³/mol. The van der Waals surface area contributed by atoms with Crippen LogP contribution in [0.3, 0.4) is 0 Å². The van der Waals surface area contributed by atoms with E-state index in [4.69, 9.17) is 0 Å². The van der Waals surface area contributed by atoms with Crippen LogP contribution in [0.1, 0.15) is 34.0 Å². The zero-order chi connectivity index (χ0) is 4.41. The zero-order valence-electron chi connectivity index (χ0n) is 6.41. The SMILES string of the molecule is CC1CCCC1.[H-].[Li+]. The Kier molecular flexibility index (Phi) is 3.89. The summed E-state index contributed by atoms with van der Waals surface area (Å²) in [6.45, 7) is 2.34. The van der Waals surface area contributed by atoms with Crippen LogP contribution in [0, 0.1) is 5.92 Å².